The van der Waals surface area contributed by atoms with Crippen LogP contribution < -0.4 is 0 Å². The lowest BCUT2D eigenvalue weighted by atomic mass is 10.1. The molecule has 0 amide bonds. The lowest BCUT2D eigenvalue weighted by Crippen LogP contribution is -2.52. The minimum atomic E-state index is -0.775. The smallest absolute Gasteiger partial charge is 0.320 e. The number of hydrogen-bond acceptors (Lipinski definition) is 4. The highest BCUT2D eigenvalue weighted by Crippen LogP contribution is 2.15. The average Bonchev–Trinajstić information content (AvgIpc) is 2.48. The van der Waals surface area contributed by atoms with E-state index in [0.29, 0.717) is 6.54 Å². The van der Waals surface area contributed by atoms with Crippen molar-refractivity contribution in [3.8, 4) is 0 Å². The summed E-state index contributed by atoms with van der Waals surface area (Å²) in [5.74, 6) is -0.775. The lowest BCUT2D eigenvalue weighted by molar-refractivity contribution is -0.143. The molecule has 2 N–H and O–H groups in total. The van der Waals surface area contributed by atoms with Crippen molar-refractivity contribution in [1.82, 2.24) is 9.80 Å². The molecule has 0 aliphatic carbocycles. The minimum Gasteiger partial charge on any atom is -0.480 e. The normalized spacial score (nSPS) is 20.5. The van der Waals surface area contributed by atoms with Crippen LogP contribution in [0.1, 0.15) is 18.6 Å². The molecule has 20 heavy (non-hydrogen) atoms. The molecule has 2 unspecified atom stereocenters. The third kappa shape index (κ3) is 3.79. The van der Waals surface area contributed by atoms with Gasteiger partial charge in [-0.3, -0.25) is 14.6 Å². The van der Waals surface area contributed by atoms with Gasteiger partial charge in [-0.15, -0.1) is 0 Å². The van der Waals surface area contributed by atoms with Crippen LogP contribution in [0.15, 0.2) is 30.3 Å². The zero-order valence-corrected chi connectivity index (χ0v) is 11.8. The summed E-state index contributed by atoms with van der Waals surface area (Å²) >= 11 is 0. The van der Waals surface area contributed by atoms with Gasteiger partial charge in [-0.05, 0) is 12.5 Å². The van der Waals surface area contributed by atoms with Gasteiger partial charge in [0.25, 0.3) is 0 Å². The van der Waals surface area contributed by atoms with Crippen LogP contribution in [-0.4, -0.2) is 64.7 Å². The van der Waals surface area contributed by atoms with Gasteiger partial charge in [-0.2, -0.15) is 0 Å². The molecule has 1 aromatic carbocycles. The first-order valence-electron chi connectivity index (χ1n) is 7.00. The fraction of sp³-hybridized carbons (Fsp3) is 0.533. The van der Waals surface area contributed by atoms with Gasteiger partial charge < -0.3 is 10.2 Å². The maximum Gasteiger partial charge on any atom is 0.320 e. The number of rotatable bonds is 5. The van der Waals surface area contributed by atoms with Crippen molar-refractivity contribution in [3.05, 3.63) is 35.9 Å². The van der Waals surface area contributed by atoms with Crippen LogP contribution in [0, 0.1) is 0 Å². The summed E-state index contributed by atoms with van der Waals surface area (Å²) in [6, 6.07) is 9.19. The molecule has 5 heteroatoms. The first-order chi connectivity index (χ1) is 9.58. The number of carboxylic acid groups (broad SMARTS) is 1. The van der Waals surface area contributed by atoms with E-state index in [9.17, 15) is 9.90 Å². The summed E-state index contributed by atoms with van der Waals surface area (Å²) in [4.78, 5) is 15.1. The van der Waals surface area contributed by atoms with Crippen LogP contribution >= 0.6 is 0 Å². The SMILES string of the molecule is CC(C(=O)O)N1CCN(CC(O)c2ccccc2)CC1. The molecular formula is C15H22N2O3. The lowest BCUT2D eigenvalue weighted by Gasteiger charge is -2.37. The molecule has 1 aromatic rings. The Labute approximate surface area is 119 Å². The predicted molar refractivity (Wildman–Crippen MR) is 76.5 cm³/mol. The van der Waals surface area contributed by atoms with Crippen molar-refractivity contribution in [1.29, 1.82) is 0 Å². The molecule has 1 fully saturated rings. The number of benzene rings is 1. The van der Waals surface area contributed by atoms with Gasteiger partial charge in [0.15, 0.2) is 0 Å². The average molecular weight is 278 g/mol. The third-order valence-corrected chi connectivity index (χ3v) is 3.93. The van der Waals surface area contributed by atoms with Crippen molar-refractivity contribution in [3.63, 3.8) is 0 Å². The Morgan fingerprint density at radius 1 is 1.20 bits per heavy atom. The van der Waals surface area contributed by atoms with Crippen LogP contribution in [0.25, 0.3) is 0 Å². The molecule has 0 spiro atoms. The van der Waals surface area contributed by atoms with E-state index in [1.807, 2.05) is 35.2 Å². The van der Waals surface area contributed by atoms with Gasteiger partial charge >= 0.3 is 5.97 Å². The monoisotopic (exact) mass is 278 g/mol. The first-order valence-corrected chi connectivity index (χ1v) is 7.00. The van der Waals surface area contributed by atoms with Crippen LogP contribution in [0.5, 0.6) is 0 Å². The Balaban J connectivity index is 1.81. The number of aliphatic hydroxyl groups excluding tert-OH is 1. The Morgan fingerprint density at radius 2 is 1.80 bits per heavy atom. The number of β-amino-alcohol motifs (C(OH)–C–C–N with tert-alkyl or cyclic N) is 1. The van der Waals surface area contributed by atoms with Crippen molar-refractivity contribution >= 4 is 5.97 Å². The summed E-state index contributed by atoms with van der Waals surface area (Å²) < 4.78 is 0. The van der Waals surface area contributed by atoms with Gasteiger partial charge in [0.2, 0.25) is 0 Å². The number of piperazine rings is 1. The number of aliphatic carboxylic acids is 1. The van der Waals surface area contributed by atoms with Gasteiger partial charge in [0, 0.05) is 32.7 Å². The third-order valence-electron chi connectivity index (χ3n) is 3.93. The van der Waals surface area contributed by atoms with Gasteiger partial charge in [0.05, 0.1) is 6.10 Å². The van der Waals surface area contributed by atoms with Crippen LogP contribution in [0.3, 0.4) is 0 Å². The van der Waals surface area contributed by atoms with Crippen molar-refractivity contribution < 1.29 is 15.0 Å². The highest BCUT2D eigenvalue weighted by Gasteiger charge is 2.26. The Kier molecular flexibility index (Phi) is 5.11. The maximum absolute atomic E-state index is 10.9. The summed E-state index contributed by atoms with van der Waals surface area (Å²) in [6.45, 7) is 5.36. The van der Waals surface area contributed by atoms with Crippen LogP contribution in [-0.2, 0) is 4.79 Å². The molecule has 1 saturated heterocycles. The Hall–Kier alpha value is -1.43. The topological polar surface area (TPSA) is 64.0 Å². The van der Waals surface area contributed by atoms with Crippen molar-refractivity contribution in [2.75, 3.05) is 32.7 Å². The second-order valence-corrected chi connectivity index (χ2v) is 5.28. The Bertz CT molecular complexity index is 430. The molecule has 0 radical (unpaired) electrons. The van der Waals surface area contributed by atoms with E-state index in [0.717, 1.165) is 31.7 Å². The minimum absolute atomic E-state index is 0.434. The molecular weight excluding hydrogens is 256 g/mol. The van der Waals surface area contributed by atoms with Crippen molar-refractivity contribution in [2.24, 2.45) is 0 Å². The quantitative estimate of drug-likeness (QED) is 0.834. The van der Waals surface area contributed by atoms with Crippen LogP contribution in [0.4, 0.5) is 0 Å². The number of hydrogen-bond donors (Lipinski definition) is 2. The molecule has 1 aliphatic rings. The fourth-order valence-corrected chi connectivity index (χ4v) is 2.51. The summed E-state index contributed by atoms with van der Waals surface area (Å²) in [7, 11) is 0. The second-order valence-electron chi connectivity index (χ2n) is 5.28. The largest absolute Gasteiger partial charge is 0.480 e. The molecule has 1 aliphatic heterocycles. The van der Waals surface area contributed by atoms with Gasteiger partial charge in [0.1, 0.15) is 6.04 Å². The highest BCUT2D eigenvalue weighted by atomic mass is 16.4. The van der Waals surface area contributed by atoms with E-state index in [1.165, 1.54) is 0 Å². The standard InChI is InChI=1S/C15H22N2O3/c1-12(15(19)20)17-9-7-16(8-10-17)11-14(18)13-5-3-2-4-6-13/h2-6,12,14,18H,7-11H2,1H3,(H,19,20). The van der Waals surface area contributed by atoms with Gasteiger partial charge in [-0.1, -0.05) is 30.3 Å². The molecule has 0 saturated carbocycles. The first kappa shape index (κ1) is 15.0. The molecule has 2 atom stereocenters. The van der Waals surface area contributed by atoms with Crippen LogP contribution in [0.2, 0.25) is 0 Å². The van der Waals surface area contributed by atoms with E-state index >= 15 is 0 Å². The van der Waals surface area contributed by atoms with E-state index < -0.39 is 18.1 Å². The summed E-state index contributed by atoms with van der Waals surface area (Å²) in [6.07, 6.45) is -0.486. The van der Waals surface area contributed by atoms with E-state index in [4.69, 9.17) is 5.11 Å². The van der Waals surface area contributed by atoms with E-state index in [2.05, 4.69) is 4.90 Å². The number of carbonyl (C=O) groups is 1. The molecule has 0 bridgehead atoms. The number of carboxylic acids is 1. The number of nitrogens with zero attached hydrogens (tertiary/aromatic N) is 2. The molecule has 0 aromatic heterocycles. The fourth-order valence-electron chi connectivity index (χ4n) is 2.51. The molecule has 1 heterocycles. The zero-order valence-electron chi connectivity index (χ0n) is 11.8. The molecule has 2 rings (SSSR count). The predicted octanol–water partition coefficient (Wildman–Crippen LogP) is 0.811. The number of aliphatic hydroxyl groups is 1. The van der Waals surface area contributed by atoms with Gasteiger partial charge in [-0.25, -0.2) is 0 Å². The van der Waals surface area contributed by atoms with Crippen molar-refractivity contribution in [2.45, 2.75) is 19.1 Å². The summed E-state index contributed by atoms with van der Waals surface area (Å²) in [5, 5.41) is 19.2. The Morgan fingerprint density at radius 3 is 2.35 bits per heavy atom. The maximum atomic E-state index is 10.9. The van der Waals surface area contributed by atoms with E-state index in [-0.39, 0.29) is 0 Å². The zero-order chi connectivity index (χ0) is 14.5. The highest BCUT2D eigenvalue weighted by molar-refractivity contribution is 5.72. The van der Waals surface area contributed by atoms with E-state index in [1.54, 1.807) is 6.92 Å². The second kappa shape index (κ2) is 6.83. The molecule has 5 nitrogen and oxygen atoms in total. The summed E-state index contributed by atoms with van der Waals surface area (Å²) in [5.41, 5.74) is 0.925. The molecule has 110 valence electrons.